The molecule has 2 aliphatic heterocycles. The minimum Gasteiger partial charge on any atom is -0.390 e. The van der Waals surface area contributed by atoms with Gasteiger partial charge in [-0.25, -0.2) is 0 Å². The molecule has 5 heteroatoms. The Morgan fingerprint density at radius 2 is 1.40 bits per heavy atom. The van der Waals surface area contributed by atoms with Crippen molar-refractivity contribution in [3.8, 4) is 0 Å². The highest BCUT2D eigenvalue weighted by Gasteiger charge is 2.68. The largest absolute Gasteiger partial charge is 0.390 e. The average Bonchev–Trinajstić information content (AvgIpc) is 3.30. The third-order valence-electron chi connectivity index (χ3n) is 12.2. The average molecular weight is 491 g/mol. The summed E-state index contributed by atoms with van der Waals surface area (Å²) in [5.41, 5.74) is -2.47. The van der Waals surface area contributed by atoms with E-state index in [0.717, 1.165) is 44.9 Å². The van der Waals surface area contributed by atoms with Gasteiger partial charge in [-0.05, 0) is 120 Å². The monoisotopic (exact) mass is 490 g/mol. The Labute approximate surface area is 212 Å². The van der Waals surface area contributed by atoms with Gasteiger partial charge in [-0.2, -0.15) is 0 Å². The summed E-state index contributed by atoms with van der Waals surface area (Å²) in [5, 5.41) is 22.9. The Morgan fingerprint density at radius 1 is 0.771 bits per heavy atom. The van der Waals surface area contributed by atoms with Crippen LogP contribution in [0.15, 0.2) is 0 Å². The van der Waals surface area contributed by atoms with Crippen molar-refractivity contribution in [2.24, 2.45) is 34.5 Å². The Morgan fingerprint density at radius 3 is 2.09 bits per heavy atom. The molecule has 200 valence electrons. The van der Waals surface area contributed by atoms with Crippen molar-refractivity contribution < 1.29 is 24.5 Å². The van der Waals surface area contributed by atoms with Gasteiger partial charge in [0.1, 0.15) is 5.60 Å². The molecule has 0 aromatic rings. The topological polar surface area (TPSA) is 79.3 Å². The van der Waals surface area contributed by atoms with Crippen LogP contribution >= 0.6 is 0 Å². The molecule has 0 amide bonds. The molecule has 5 nitrogen and oxygen atoms in total. The third kappa shape index (κ3) is 3.89. The van der Waals surface area contributed by atoms with Crippen LogP contribution in [0.4, 0.5) is 0 Å². The summed E-state index contributed by atoms with van der Waals surface area (Å²) in [4.78, 5) is 12.8. The lowest BCUT2D eigenvalue weighted by atomic mass is 9.55. The van der Waals surface area contributed by atoms with Crippen molar-refractivity contribution >= 4 is 5.78 Å². The zero-order valence-electron chi connectivity index (χ0n) is 23.4. The van der Waals surface area contributed by atoms with E-state index in [-0.39, 0.29) is 46.3 Å². The number of hydrogen-bond donors (Lipinski definition) is 2. The predicted octanol–water partition coefficient (Wildman–Crippen LogP) is 5.44. The molecule has 2 saturated heterocycles. The molecule has 5 aliphatic rings. The van der Waals surface area contributed by atoms with Crippen molar-refractivity contribution in [1.29, 1.82) is 0 Å². The quantitative estimate of drug-likeness (QED) is 0.515. The second-order valence-corrected chi connectivity index (χ2v) is 15.1. The van der Waals surface area contributed by atoms with Gasteiger partial charge in [0.2, 0.25) is 0 Å². The first-order valence-electron chi connectivity index (χ1n) is 14.3. The van der Waals surface area contributed by atoms with Crippen LogP contribution in [0.2, 0.25) is 0 Å². The van der Waals surface area contributed by atoms with Crippen LogP contribution in [0.25, 0.3) is 0 Å². The highest BCUT2D eigenvalue weighted by atomic mass is 16.6. The maximum Gasteiger partial charge on any atom is 0.164 e. The molecule has 0 unspecified atom stereocenters. The molecule has 2 heterocycles. The van der Waals surface area contributed by atoms with Crippen LogP contribution in [-0.2, 0) is 14.3 Å². The first-order chi connectivity index (χ1) is 16.0. The molecule has 0 aromatic carbocycles. The summed E-state index contributed by atoms with van der Waals surface area (Å²) in [6, 6.07) is 0. The van der Waals surface area contributed by atoms with E-state index in [1.165, 1.54) is 0 Å². The number of Topliss-reactive ketones (excluding diaryl/α,β-unsaturated/α-hetero) is 1. The number of aliphatic hydroxyl groups is 2. The van der Waals surface area contributed by atoms with E-state index in [4.69, 9.17) is 9.47 Å². The maximum absolute atomic E-state index is 12.8. The van der Waals surface area contributed by atoms with Gasteiger partial charge in [0, 0.05) is 6.42 Å². The molecule has 0 spiro atoms. The van der Waals surface area contributed by atoms with E-state index >= 15 is 0 Å². The van der Waals surface area contributed by atoms with Gasteiger partial charge in [0.15, 0.2) is 5.78 Å². The van der Waals surface area contributed by atoms with Crippen LogP contribution in [0, 0.1) is 34.5 Å². The second-order valence-electron chi connectivity index (χ2n) is 15.1. The Balaban J connectivity index is 1.43. The highest BCUT2D eigenvalue weighted by Crippen LogP contribution is 2.66. The Bertz CT molecular complexity index is 874. The normalized spacial score (nSPS) is 54.7. The highest BCUT2D eigenvalue weighted by molar-refractivity contribution is 5.86. The number of ether oxygens (including phenoxy) is 2. The van der Waals surface area contributed by atoms with Gasteiger partial charge in [-0.3, -0.25) is 4.79 Å². The summed E-state index contributed by atoms with van der Waals surface area (Å²) < 4.78 is 12.9. The first kappa shape index (κ1) is 26.1. The van der Waals surface area contributed by atoms with Crippen molar-refractivity contribution in [1.82, 2.24) is 0 Å². The van der Waals surface area contributed by atoms with Gasteiger partial charge < -0.3 is 19.7 Å². The fourth-order valence-electron chi connectivity index (χ4n) is 9.79. The van der Waals surface area contributed by atoms with E-state index in [1.807, 2.05) is 27.7 Å². The third-order valence-corrected chi connectivity index (χ3v) is 12.2. The standard InChI is InChI=1S/C30H50O5/c1-25(2)18-11-15-28(6,32)19(18)17-24-30(8,35-24)20(25)9-10-21-27(5)14-12-22(31)26(3,4)34-23(27)13-16-29(21,7)33/h18-21,23-24,32-33H,9-17H2,1-8H3/t18-,19-,20-,21+,23+,24+,27+,28-,29-,30-/m1/s1. The molecule has 3 saturated carbocycles. The smallest absolute Gasteiger partial charge is 0.164 e. The lowest BCUT2D eigenvalue weighted by Gasteiger charge is -2.54. The Hall–Kier alpha value is -0.490. The number of epoxide rings is 1. The first-order valence-corrected chi connectivity index (χ1v) is 14.3. The van der Waals surface area contributed by atoms with E-state index in [1.54, 1.807) is 0 Å². The maximum atomic E-state index is 12.8. The number of ketones is 1. The van der Waals surface area contributed by atoms with Gasteiger partial charge in [0.05, 0.1) is 29.0 Å². The number of carbonyl (C=O) groups excluding carboxylic acids is 1. The van der Waals surface area contributed by atoms with E-state index in [0.29, 0.717) is 24.7 Å². The molecular formula is C30H50O5. The lowest BCUT2D eigenvalue weighted by molar-refractivity contribution is -0.196. The van der Waals surface area contributed by atoms with Crippen molar-refractivity contribution in [2.45, 2.75) is 148 Å². The summed E-state index contributed by atoms with van der Waals surface area (Å²) in [5.74, 6) is 1.40. The molecule has 0 radical (unpaired) electrons. The molecule has 35 heavy (non-hydrogen) atoms. The summed E-state index contributed by atoms with van der Waals surface area (Å²) in [6.45, 7) is 17.2. The number of carbonyl (C=O) groups is 1. The van der Waals surface area contributed by atoms with Crippen LogP contribution < -0.4 is 0 Å². The molecule has 0 bridgehead atoms. The van der Waals surface area contributed by atoms with Crippen molar-refractivity contribution in [3.05, 3.63) is 0 Å². The van der Waals surface area contributed by atoms with Gasteiger partial charge in [-0.1, -0.05) is 20.8 Å². The SMILES string of the molecule is CC1(C)O[C@H]2CC[C@@](C)(O)[C@@H](CC[C@@H]3C(C)(C)[C@@H]4CC[C@@](C)(O)[C@@H]4C[C@@H]4O[C@@]43C)[C@]2(C)CCC1=O. The number of fused-ring (bicyclic) bond motifs is 3. The zero-order chi connectivity index (χ0) is 25.8. The van der Waals surface area contributed by atoms with E-state index in [9.17, 15) is 15.0 Å². The van der Waals surface area contributed by atoms with E-state index < -0.39 is 16.8 Å². The Kier molecular flexibility index (Phi) is 5.80. The summed E-state index contributed by atoms with van der Waals surface area (Å²) in [6.07, 6.45) is 7.83. The van der Waals surface area contributed by atoms with E-state index in [2.05, 4.69) is 27.7 Å². The predicted molar refractivity (Wildman–Crippen MR) is 136 cm³/mol. The lowest BCUT2D eigenvalue weighted by Crippen LogP contribution is -2.56. The number of rotatable bonds is 3. The van der Waals surface area contributed by atoms with Crippen LogP contribution in [0.1, 0.15) is 113 Å². The van der Waals surface area contributed by atoms with Crippen molar-refractivity contribution in [3.63, 3.8) is 0 Å². The molecular weight excluding hydrogens is 440 g/mol. The zero-order valence-corrected chi connectivity index (χ0v) is 23.4. The van der Waals surface area contributed by atoms with Crippen molar-refractivity contribution in [2.75, 3.05) is 0 Å². The van der Waals surface area contributed by atoms with Gasteiger partial charge >= 0.3 is 0 Å². The minimum absolute atomic E-state index is 0.00821. The molecule has 5 fully saturated rings. The second kappa shape index (κ2) is 7.77. The molecule has 5 rings (SSSR count). The van der Waals surface area contributed by atoms with Crippen LogP contribution in [-0.4, -0.2) is 50.6 Å². The minimum atomic E-state index is -0.773. The van der Waals surface area contributed by atoms with Gasteiger partial charge in [-0.15, -0.1) is 0 Å². The van der Waals surface area contributed by atoms with Crippen LogP contribution in [0.3, 0.4) is 0 Å². The van der Waals surface area contributed by atoms with Crippen LogP contribution in [0.5, 0.6) is 0 Å². The fraction of sp³-hybridized carbons (Fsp3) is 0.967. The number of hydrogen-bond acceptors (Lipinski definition) is 5. The fourth-order valence-corrected chi connectivity index (χ4v) is 9.79. The molecule has 3 aliphatic carbocycles. The molecule has 0 aromatic heterocycles. The summed E-state index contributed by atoms with van der Waals surface area (Å²) >= 11 is 0. The summed E-state index contributed by atoms with van der Waals surface area (Å²) in [7, 11) is 0. The van der Waals surface area contributed by atoms with Gasteiger partial charge in [0.25, 0.3) is 0 Å². The molecule has 10 atom stereocenters. The molecule has 2 N–H and O–H groups in total.